The van der Waals surface area contributed by atoms with Crippen molar-refractivity contribution in [1.82, 2.24) is 14.5 Å². The number of fused-ring (bicyclic) bond motifs is 1. The van der Waals surface area contributed by atoms with Gasteiger partial charge in [-0.3, -0.25) is 19.1 Å². The van der Waals surface area contributed by atoms with E-state index in [1.54, 1.807) is 24.3 Å². The first kappa shape index (κ1) is 23.5. The van der Waals surface area contributed by atoms with Crippen LogP contribution in [0.1, 0.15) is 29.2 Å². The Morgan fingerprint density at radius 2 is 1.61 bits per heavy atom. The molecular weight excluding hydrogens is 461 g/mol. The Hall–Kier alpha value is -4.24. The van der Waals surface area contributed by atoms with E-state index in [4.69, 9.17) is 0 Å². The standard InChI is InChI=1S/C27H26FN5O3/c28-18-9-11-19(12-10-18)29-26(35)21-5-1-2-6-22(21)30-25(34)17-32-15-13-20(14-16-32)33-24-8-4-3-7-23(24)31-27(33)36/h1-12,20H,13-17H2,(H,29,35)(H,30,34)(H,31,36). The number of aromatic amines is 1. The number of benzene rings is 3. The van der Waals surface area contributed by atoms with Gasteiger partial charge in [0.15, 0.2) is 0 Å². The van der Waals surface area contributed by atoms with Gasteiger partial charge in [0.25, 0.3) is 5.91 Å². The van der Waals surface area contributed by atoms with E-state index in [0.717, 1.165) is 23.9 Å². The topological polar surface area (TPSA) is 99.2 Å². The molecule has 1 aliphatic rings. The fraction of sp³-hybridized carbons (Fsp3) is 0.222. The molecule has 8 nitrogen and oxygen atoms in total. The largest absolute Gasteiger partial charge is 0.326 e. The molecule has 4 aromatic rings. The van der Waals surface area contributed by atoms with Crippen molar-refractivity contribution in [1.29, 1.82) is 0 Å². The number of aromatic nitrogens is 2. The van der Waals surface area contributed by atoms with E-state index in [1.165, 1.54) is 24.3 Å². The smallest absolute Gasteiger partial charge is 0.324 e. The van der Waals surface area contributed by atoms with Gasteiger partial charge in [-0.05, 0) is 61.4 Å². The van der Waals surface area contributed by atoms with Gasteiger partial charge in [0.1, 0.15) is 5.82 Å². The van der Waals surface area contributed by atoms with Crippen LogP contribution in [-0.4, -0.2) is 45.9 Å². The Morgan fingerprint density at radius 1 is 0.917 bits per heavy atom. The zero-order valence-corrected chi connectivity index (χ0v) is 19.5. The van der Waals surface area contributed by atoms with Gasteiger partial charge >= 0.3 is 5.69 Å². The van der Waals surface area contributed by atoms with E-state index in [-0.39, 0.29) is 24.2 Å². The number of amides is 2. The second-order valence-corrected chi connectivity index (χ2v) is 8.88. The maximum Gasteiger partial charge on any atom is 0.326 e. The third kappa shape index (κ3) is 5.06. The molecule has 1 aliphatic heterocycles. The van der Waals surface area contributed by atoms with Gasteiger partial charge in [0, 0.05) is 24.8 Å². The van der Waals surface area contributed by atoms with Crippen molar-refractivity contribution in [3.05, 3.63) is 94.7 Å². The highest BCUT2D eigenvalue weighted by atomic mass is 19.1. The quantitative estimate of drug-likeness (QED) is 0.383. The summed E-state index contributed by atoms with van der Waals surface area (Å²) in [6, 6.07) is 20.0. The van der Waals surface area contributed by atoms with Gasteiger partial charge in [0.2, 0.25) is 5.91 Å². The summed E-state index contributed by atoms with van der Waals surface area (Å²) in [6.45, 7) is 1.54. The fourth-order valence-corrected chi connectivity index (χ4v) is 4.69. The predicted octanol–water partition coefficient (Wildman–Crippen LogP) is 4.00. The first-order valence-electron chi connectivity index (χ1n) is 11.9. The number of anilines is 2. The summed E-state index contributed by atoms with van der Waals surface area (Å²) in [5.41, 5.74) is 2.79. The van der Waals surface area contributed by atoms with Crippen LogP contribution in [0.25, 0.3) is 11.0 Å². The summed E-state index contributed by atoms with van der Waals surface area (Å²) in [5.74, 6) is -1.01. The number of carbonyl (C=O) groups excluding carboxylic acids is 2. The number of nitrogens with one attached hydrogen (secondary N) is 3. The Kier molecular flexibility index (Phi) is 6.64. The van der Waals surface area contributed by atoms with Gasteiger partial charge < -0.3 is 15.6 Å². The van der Waals surface area contributed by atoms with Crippen molar-refractivity contribution in [2.75, 3.05) is 30.3 Å². The van der Waals surface area contributed by atoms with Crippen LogP contribution in [0.5, 0.6) is 0 Å². The van der Waals surface area contributed by atoms with E-state index in [9.17, 15) is 18.8 Å². The van der Waals surface area contributed by atoms with Crippen LogP contribution in [0.3, 0.4) is 0 Å². The summed E-state index contributed by atoms with van der Waals surface area (Å²) < 4.78 is 15.0. The molecule has 5 rings (SSSR count). The number of piperidine rings is 1. The zero-order chi connectivity index (χ0) is 25.1. The van der Waals surface area contributed by atoms with Crippen molar-refractivity contribution in [2.24, 2.45) is 0 Å². The molecule has 0 aliphatic carbocycles. The summed E-state index contributed by atoms with van der Waals surface area (Å²) in [7, 11) is 0. The molecule has 3 N–H and O–H groups in total. The lowest BCUT2D eigenvalue weighted by atomic mass is 10.0. The van der Waals surface area contributed by atoms with Crippen LogP contribution in [-0.2, 0) is 4.79 Å². The predicted molar refractivity (Wildman–Crippen MR) is 137 cm³/mol. The lowest BCUT2D eigenvalue weighted by Crippen LogP contribution is -2.41. The minimum absolute atomic E-state index is 0.0730. The van der Waals surface area contributed by atoms with Crippen molar-refractivity contribution < 1.29 is 14.0 Å². The molecule has 0 bridgehead atoms. The minimum Gasteiger partial charge on any atom is -0.324 e. The number of hydrogen-bond donors (Lipinski definition) is 3. The van der Waals surface area contributed by atoms with Crippen LogP contribution in [0.15, 0.2) is 77.6 Å². The zero-order valence-electron chi connectivity index (χ0n) is 19.5. The van der Waals surface area contributed by atoms with Crippen molar-refractivity contribution in [3.63, 3.8) is 0 Å². The van der Waals surface area contributed by atoms with Crippen molar-refractivity contribution in [2.45, 2.75) is 18.9 Å². The molecule has 1 aromatic heterocycles. The first-order chi connectivity index (χ1) is 17.5. The Labute approximate surface area is 206 Å². The molecule has 0 unspecified atom stereocenters. The second-order valence-electron chi connectivity index (χ2n) is 8.88. The Bertz CT molecular complexity index is 1450. The van der Waals surface area contributed by atoms with E-state index in [0.29, 0.717) is 30.0 Å². The number of carbonyl (C=O) groups is 2. The second kappa shape index (κ2) is 10.2. The van der Waals surface area contributed by atoms with E-state index < -0.39 is 11.7 Å². The summed E-state index contributed by atoms with van der Waals surface area (Å²) in [4.78, 5) is 43.0. The lowest BCUT2D eigenvalue weighted by molar-refractivity contribution is -0.117. The van der Waals surface area contributed by atoms with E-state index >= 15 is 0 Å². The van der Waals surface area contributed by atoms with Crippen LogP contribution in [0.4, 0.5) is 15.8 Å². The molecule has 0 saturated carbocycles. The number of nitrogens with zero attached hydrogens (tertiary/aromatic N) is 2. The Morgan fingerprint density at radius 3 is 2.39 bits per heavy atom. The molecule has 1 fully saturated rings. The number of H-pyrrole nitrogens is 1. The SMILES string of the molecule is O=C(CN1CCC(n2c(=O)[nH]c3ccccc32)CC1)Nc1ccccc1C(=O)Nc1ccc(F)cc1. The van der Waals surface area contributed by atoms with Crippen molar-refractivity contribution in [3.8, 4) is 0 Å². The molecule has 3 aromatic carbocycles. The van der Waals surface area contributed by atoms with E-state index in [2.05, 4.69) is 15.6 Å². The highest BCUT2D eigenvalue weighted by molar-refractivity contribution is 6.10. The van der Waals surface area contributed by atoms with Gasteiger partial charge in [-0.2, -0.15) is 0 Å². The third-order valence-corrected chi connectivity index (χ3v) is 6.46. The van der Waals surface area contributed by atoms with Gasteiger partial charge in [-0.25, -0.2) is 9.18 Å². The number of hydrogen-bond acceptors (Lipinski definition) is 4. The van der Waals surface area contributed by atoms with Crippen LogP contribution >= 0.6 is 0 Å². The van der Waals surface area contributed by atoms with Gasteiger partial charge in [-0.15, -0.1) is 0 Å². The molecule has 2 amide bonds. The molecule has 0 atom stereocenters. The third-order valence-electron chi connectivity index (χ3n) is 6.46. The van der Waals surface area contributed by atoms with Gasteiger partial charge in [0.05, 0.1) is 28.8 Å². The maximum atomic E-state index is 13.1. The Balaban J connectivity index is 1.19. The molecule has 0 radical (unpaired) electrons. The number of para-hydroxylation sites is 3. The van der Waals surface area contributed by atoms with E-state index in [1.807, 2.05) is 33.7 Å². The average Bonchev–Trinajstić information content (AvgIpc) is 3.22. The number of imidazole rings is 1. The fourth-order valence-electron chi connectivity index (χ4n) is 4.69. The van der Waals surface area contributed by atoms with Crippen LogP contribution in [0.2, 0.25) is 0 Å². The summed E-state index contributed by atoms with van der Waals surface area (Å²) >= 11 is 0. The molecule has 36 heavy (non-hydrogen) atoms. The van der Waals surface area contributed by atoms with Crippen molar-refractivity contribution >= 4 is 34.2 Å². The molecule has 2 heterocycles. The van der Waals surface area contributed by atoms with Crippen LogP contribution in [0, 0.1) is 5.82 Å². The number of halogens is 1. The minimum atomic E-state index is -0.400. The van der Waals surface area contributed by atoms with Crippen LogP contribution < -0.4 is 16.3 Å². The average molecular weight is 488 g/mol. The number of likely N-dealkylation sites (tertiary alicyclic amines) is 1. The monoisotopic (exact) mass is 487 g/mol. The lowest BCUT2D eigenvalue weighted by Gasteiger charge is -2.32. The molecule has 9 heteroatoms. The summed E-state index contributed by atoms with van der Waals surface area (Å²) in [6.07, 6.45) is 1.51. The highest BCUT2D eigenvalue weighted by Gasteiger charge is 2.25. The molecule has 1 saturated heterocycles. The first-order valence-corrected chi connectivity index (χ1v) is 11.9. The number of rotatable bonds is 6. The van der Waals surface area contributed by atoms with Gasteiger partial charge in [-0.1, -0.05) is 24.3 Å². The molecular formula is C27H26FN5O3. The summed E-state index contributed by atoms with van der Waals surface area (Å²) in [5, 5.41) is 5.56. The highest BCUT2D eigenvalue weighted by Crippen LogP contribution is 2.25. The normalized spacial score (nSPS) is 14.6. The molecule has 184 valence electrons. The molecule has 0 spiro atoms. The maximum absolute atomic E-state index is 13.1.